The molecule has 32 heavy (non-hydrogen) atoms. The minimum absolute atomic E-state index is 0.0356. The number of ether oxygens (including phenoxy) is 3. The second-order valence-electron chi connectivity index (χ2n) is 7.99. The first-order valence-corrected chi connectivity index (χ1v) is 12.4. The lowest BCUT2D eigenvalue weighted by molar-refractivity contribution is -0.123. The molecule has 2 heterocycles. The number of sulfonamides is 1. The van der Waals surface area contributed by atoms with E-state index in [-0.39, 0.29) is 23.5 Å². The minimum Gasteiger partial charge on any atom is -0.497 e. The molecule has 180 valence electrons. The molecule has 0 aliphatic carbocycles. The Morgan fingerprint density at radius 1 is 1.22 bits per heavy atom. The summed E-state index contributed by atoms with van der Waals surface area (Å²) in [7, 11) is -2.24. The molecule has 1 aromatic carbocycles. The molecule has 2 aliphatic rings. The molecule has 3 atom stereocenters. The van der Waals surface area contributed by atoms with Crippen molar-refractivity contribution in [2.24, 2.45) is 0 Å². The lowest BCUT2D eigenvalue weighted by Crippen LogP contribution is -2.51. The number of carbonyl (C=O) groups excluding carboxylic acids is 1. The van der Waals surface area contributed by atoms with E-state index in [4.69, 9.17) is 14.2 Å². The molecule has 0 spiro atoms. The minimum atomic E-state index is -3.75. The summed E-state index contributed by atoms with van der Waals surface area (Å²) in [6, 6.07) is 5.58. The van der Waals surface area contributed by atoms with Crippen molar-refractivity contribution in [1.82, 2.24) is 14.9 Å². The zero-order valence-corrected chi connectivity index (χ0v) is 19.2. The number of hydrogen-bond donors (Lipinski definition) is 3. The van der Waals surface area contributed by atoms with E-state index < -0.39 is 22.2 Å². The van der Waals surface area contributed by atoms with Crippen molar-refractivity contribution < 1.29 is 32.5 Å². The number of rotatable bonds is 10. The van der Waals surface area contributed by atoms with Crippen LogP contribution in [0.5, 0.6) is 5.75 Å². The van der Waals surface area contributed by atoms with Gasteiger partial charge in [0.1, 0.15) is 5.75 Å². The predicted molar refractivity (Wildman–Crippen MR) is 117 cm³/mol. The van der Waals surface area contributed by atoms with Gasteiger partial charge in [0.25, 0.3) is 0 Å². The van der Waals surface area contributed by atoms with Gasteiger partial charge in [-0.1, -0.05) is 0 Å². The van der Waals surface area contributed by atoms with Crippen LogP contribution in [0.2, 0.25) is 0 Å². The van der Waals surface area contributed by atoms with Gasteiger partial charge in [-0.15, -0.1) is 0 Å². The third-order valence-electron chi connectivity index (χ3n) is 5.73. The number of aliphatic hydroxyl groups excluding tert-OH is 1. The lowest BCUT2D eigenvalue weighted by atomic mass is 9.98. The summed E-state index contributed by atoms with van der Waals surface area (Å²) in [5, 5.41) is 12.7. The van der Waals surface area contributed by atoms with E-state index in [1.807, 2.05) is 0 Å². The summed E-state index contributed by atoms with van der Waals surface area (Å²) in [6.45, 7) is 3.33. The predicted octanol–water partition coefficient (Wildman–Crippen LogP) is -0.279. The molecule has 3 N–H and O–H groups in total. The fourth-order valence-electron chi connectivity index (χ4n) is 3.89. The largest absolute Gasteiger partial charge is 0.497 e. The molecule has 0 saturated carbocycles. The second-order valence-corrected chi connectivity index (χ2v) is 9.70. The highest BCUT2D eigenvalue weighted by Crippen LogP contribution is 2.24. The monoisotopic (exact) mass is 471 g/mol. The van der Waals surface area contributed by atoms with Gasteiger partial charge in [-0.25, -0.2) is 13.1 Å². The summed E-state index contributed by atoms with van der Waals surface area (Å²) >= 11 is 0. The summed E-state index contributed by atoms with van der Waals surface area (Å²) < 4.78 is 44.3. The Balaban J connectivity index is 1.44. The fourth-order valence-corrected chi connectivity index (χ4v) is 5.19. The molecule has 0 aromatic heterocycles. The third kappa shape index (κ3) is 7.12. The maximum Gasteiger partial charge on any atom is 0.240 e. The molecule has 2 aliphatic heterocycles. The Hall–Kier alpha value is -1.76. The first kappa shape index (κ1) is 24.9. The fraction of sp³-hybridized carbons (Fsp3) is 0.667. The van der Waals surface area contributed by atoms with Gasteiger partial charge in [0.05, 0.1) is 56.6 Å². The van der Waals surface area contributed by atoms with Crippen molar-refractivity contribution in [1.29, 1.82) is 0 Å². The van der Waals surface area contributed by atoms with Gasteiger partial charge in [0.2, 0.25) is 15.9 Å². The van der Waals surface area contributed by atoms with Crippen LogP contribution in [-0.2, 0) is 24.3 Å². The highest BCUT2D eigenvalue weighted by atomic mass is 32.2. The Labute approximate surface area is 189 Å². The number of benzene rings is 1. The van der Waals surface area contributed by atoms with Crippen LogP contribution in [0.15, 0.2) is 29.2 Å². The van der Waals surface area contributed by atoms with Crippen LogP contribution >= 0.6 is 0 Å². The number of carbonyl (C=O) groups is 1. The molecular formula is C21H33N3O7S. The Morgan fingerprint density at radius 3 is 2.59 bits per heavy atom. The van der Waals surface area contributed by atoms with Gasteiger partial charge >= 0.3 is 0 Å². The van der Waals surface area contributed by atoms with Crippen LogP contribution in [0.4, 0.5) is 0 Å². The summed E-state index contributed by atoms with van der Waals surface area (Å²) in [5.74, 6) is 0.532. The van der Waals surface area contributed by atoms with E-state index in [0.29, 0.717) is 51.3 Å². The van der Waals surface area contributed by atoms with E-state index in [0.717, 1.165) is 13.1 Å². The topological polar surface area (TPSA) is 126 Å². The summed E-state index contributed by atoms with van der Waals surface area (Å²) in [6.07, 6.45) is 0.963. The highest BCUT2D eigenvalue weighted by Gasteiger charge is 2.34. The second kappa shape index (κ2) is 11.9. The zero-order valence-electron chi connectivity index (χ0n) is 18.4. The van der Waals surface area contributed by atoms with Gasteiger partial charge < -0.3 is 24.6 Å². The van der Waals surface area contributed by atoms with E-state index in [2.05, 4.69) is 14.9 Å². The Kier molecular flexibility index (Phi) is 9.26. The molecule has 0 bridgehead atoms. The van der Waals surface area contributed by atoms with E-state index in [1.165, 1.54) is 19.2 Å². The first-order valence-electron chi connectivity index (χ1n) is 10.9. The molecule has 10 nitrogen and oxygen atoms in total. The van der Waals surface area contributed by atoms with Crippen molar-refractivity contribution in [3.8, 4) is 5.75 Å². The molecule has 3 rings (SSSR count). The highest BCUT2D eigenvalue weighted by molar-refractivity contribution is 7.89. The lowest BCUT2D eigenvalue weighted by Gasteiger charge is -2.36. The van der Waals surface area contributed by atoms with Crippen LogP contribution in [0, 0.1) is 0 Å². The average molecular weight is 472 g/mol. The van der Waals surface area contributed by atoms with Gasteiger partial charge in [0.15, 0.2) is 0 Å². The summed E-state index contributed by atoms with van der Waals surface area (Å²) in [4.78, 5) is 14.3. The molecule has 2 fully saturated rings. The van der Waals surface area contributed by atoms with Crippen molar-refractivity contribution in [2.45, 2.75) is 42.4 Å². The zero-order chi connectivity index (χ0) is 23.0. The van der Waals surface area contributed by atoms with Crippen molar-refractivity contribution in [3.05, 3.63) is 24.3 Å². The Bertz CT molecular complexity index is 828. The standard InChI is InChI=1S/C21H33N3O7S/c1-29-16-2-5-18(6-3-16)32(27,28)23-19-7-4-17(31-20(19)15-25)8-9-22-21(26)14-24-10-12-30-13-11-24/h2-3,5-6,17,19-20,23,25H,4,7-15H2,1H3,(H,22,26)/t17-,19-,20+/m1/s1. The molecule has 1 aromatic rings. The number of methoxy groups -OCH3 is 1. The van der Waals surface area contributed by atoms with Gasteiger partial charge in [-0.05, 0) is 43.5 Å². The maximum atomic E-state index is 12.7. The third-order valence-corrected chi connectivity index (χ3v) is 7.24. The smallest absolute Gasteiger partial charge is 0.240 e. The molecule has 0 unspecified atom stereocenters. The van der Waals surface area contributed by atoms with Crippen molar-refractivity contribution in [2.75, 3.05) is 53.1 Å². The average Bonchev–Trinajstić information content (AvgIpc) is 2.80. The number of morpholine rings is 1. The van der Waals surface area contributed by atoms with Crippen LogP contribution in [-0.4, -0.2) is 95.7 Å². The van der Waals surface area contributed by atoms with Crippen LogP contribution in [0.3, 0.4) is 0 Å². The normalized spacial score (nSPS) is 24.8. The quantitative estimate of drug-likeness (QED) is 0.425. The first-order chi connectivity index (χ1) is 15.4. The van der Waals surface area contributed by atoms with Crippen LogP contribution < -0.4 is 14.8 Å². The maximum absolute atomic E-state index is 12.7. The molecule has 0 radical (unpaired) electrons. The SMILES string of the molecule is COc1ccc(S(=O)(=O)N[C@@H]2CC[C@H](CCNC(=O)CN3CCOCC3)O[C@H]2CO)cc1. The molecular weight excluding hydrogens is 438 g/mol. The van der Waals surface area contributed by atoms with E-state index in [9.17, 15) is 18.3 Å². The van der Waals surface area contributed by atoms with Crippen LogP contribution in [0.1, 0.15) is 19.3 Å². The van der Waals surface area contributed by atoms with Crippen LogP contribution in [0.25, 0.3) is 0 Å². The van der Waals surface area contributed by atoms with Gasteiger partial charge in [0, 0.05) is 19.6 Å². The van der Waals surface area contributed by atoms with E-state index >= 15 is 0 Å². The number of nitrogens with one attached hydrogen (secondary N) is 2. The summed E-state index contributed by atoms with van der Waals surface area (Å²) in [5.41, 5.74) is 0. The molecule has 1 amide bonds. The van der Waals surface area contributed by atoms with Gasteiger partial charge in [-0.2, -0.15) is 0 Å². The number of nitrogens with zero attached hydrogens (tertiary/aromatic N) is 1. The van der Waals surface area contributed by atoms with Crippen molar-refractivity contribution >= 4 is 15.9 Å². The Morgan fingerprint density at radius 2 is 1.94 bits per heavy atom. The number of amides is 1. The molecule has 11 heteroatoms. The van der Waals surface area contributed by atoms with E-state index in [1.54, 1.807) is 12.1 Å². The van der Waals surface area contributed by atoms with Gasteiger partial charge in [-0.3, -0.25) is 9.69 Å². The number of hydrogen-bond acceptors (Lipinski definition) is 8. The number of aliphatic hydroxyl groups is 1. The van der Waals surface area contributed by atoms with Crippen molar-refractivity contribution in [3.63, 3.8) is 0 Å². The molecule has 2 saturated heterocycles.